The molecule has 2 nitrogen and oxygen atoms in total. The quantitative estimate of drug-likeness (QED) is 0.812. The number of likely N-dealkylation sites (tertiary alicyclic amines) is 1. The molecular weight excluding hydrogens is 220 g/mol. The van der Waals surface area contributed by atoms with Crippen molar-refractivity contribution in [1.29, 1.82) is 0 Å². The van der Waals surface area contributed by atoms with Crippen molar-refractivity contribution in [1.82, 2.24) is 10.2 Å². The molecule has 2 rings (SSSR count). The van der Waals surface area contributed by atoms with Crippen LogP contribution in [-0.2, 0) is 0 Å². The summed E-state index contributed by atoms with van der Waals surface area (Å²) in [6.07, 6.45) is 5.57. The summed E-state index contributed by atoms with van der Waals surface area (Å²) in [5.41, 5.74) is 0.509. The Labute approximate surface area is 114 Å². The molecule has 0 saturated carbocycles. The Morgan fingerprint density at radius 2 is 1.78 bits per heavy atom. The molecule has 0 aromatic rings. The number of piperidine rings is 2. The van der Waals surface area contributed by atoms with Crippen LogP contribution in [0.4, 0.5) is 0 Å². The van der Waals surface area contributed by atoms with Gasteiger partial charge < -0.3 is 10.2 Å². The molecule has 0 amide bonds. The number of nitrogens with one attached hydrogen (secondary N) is 1. The number of hydrogen-bond acceptors (Lipinski definition) is 2. The third kappa shape index (κ3) is 3.96. The molecule has 2 saturated heterocycles. The Hall–Kier alpha value is -0.0800. The van der Waals surface area contributed by atoms with Crippen molar-refractivity contribution in [2.45, 2.75) is 59.4 Å². The van der Waals surface area contributed by atoms with Gasteiger partial charge in [0.05, 0.1) is 0 Å². The average Bonchev–Trinajstić information content (AvgIpc) is 2.28. The van der Waals surface area contributed by atoms with Gasteiger partial charge in [-0.3, -0.25) is 0 Å². The highest BCUT2D eigenvalue weighted by Gasteiger charge is 2.30. The average molecular weight is 252 g/mol. The van der Waals surface area contributed by atoms with Crippen LogP contribution in [0.25, 0.3) is 0 Å². The zero-order valence-electron chi connectivity index (χ0n) is 12.8. The van der Waals surface area contributed by atoms with Gasteiger partial charge >= 0.3 is 0 Å². The van der Waals surface area contributed by atoms with Crippen molar-refractivity contribution < 1.29 is 0 Å². The minimum Gasteiger partial charge on any atom is -0.314 e. The highest BCUT2D eigenvalue weighted by atomic mass is 15.1. The first-order valence-corrected chi connectivity index (χ1v) is 7.91. The van der Waals surface area contributed by atoms with Crippen molar-refractivity contribution in [3.05, 3.63) is 0 Å². The minimum atomic E-state index is 0.509. The van der Waals surface area contributed by atoms with E-state index in [1.54, 1.807) is 0 Å². The van der Waals surface area contributed by atoms with Crippen LogP contribution in [0.1, 0.15) is 53.4 Å². The Bertz CT molecular complexity index is 248. The van der Waals surface area contributed by atoms with Gasteiger partial charge in [-0.15, -0.1) is 0 Å². The predicted molar refractivity (Wildman–Crippen MR) is 78.8 cm³/mol. The maximum atomic E-state index is 3.56. The summed E-state index contributed by atoms with van der Waals surface area (Å²) >= 11 is 0. The molecule has 0 aromatic heterocycles. The highest BCUT2D eigenvalue weighted by molar-refractivity contribution is 4.83. The lowest BCUT2D eigenvalue weighted by Crippen LogP contribution is -2.44. The predicted octanol–water partition coefficient (Wildman–Crippen LogP) is 3.13. The topological polar surface area (TPSA) is 15.3 Å². The number of hydrogen-bond donors (Lipinski definition) is 1. The molecule has 2 heteroatoms. The zero-order valence-corrected chi connectivity index (χ0v) is 12.8. The molecular formula is C16H32N2. The summed E-state index contributed by atoms with van der Waals surface area (Å²) in [4.78, 5) is 2.73. The maximum Gasteiger partial charge on any atom is 0.00418 e. The van der Waals surface area contributed by atoms with E-state index in [2.05, 4.69) is 37.9 Å². The van der Waals surface area contributed by atoms with Crippen molar-refractivity contribution in [2.75, 3.05) is 26.2 Å². The SMILES string of the molecule is CC1CC(CN2CCC(C(C)(C)C)CC2)CCN1. The van der Waals surface area contributed by atoms with Gasteiger partial charge in [-0.05, 0) is 69.5 Å². The third-order valence-electron chi connectivity index (χ3n) is 5.06. The van der Waals surface area contributed by atoms with E-state index < -0.39 is 0 Å². The molecule has 0 aromatic carbocycles. The van der Waals surface area contributed by atoms with Crippen molar-refractivity contribution >= 4 is 0 Å². The molecule has 0 radical (unpaired) electrons. The van der Waals surface area contributed by atoms with E-state index in [9.17, 15) is 0 Å². The summed E-state index contributed by atoms with van der Waals surface area (Å²) in [7, 11) is 0. The molecule has 2 unspecified atom stereocenters. The third-order valence-corrected chi connectivity index (χ3v) is 5.06. The lowest BCUT2D eigenvalue weighted by Gasteiger charge is -2.40. The fourth-order valence-electron chi connectivity index (χ4n) is 3.75. The van der Waals surface area contributed by atoms with Gasteiger partial charge in [-0.1, -0.05) is 20.8 Å². The van der Waals surface area contributed by atoms with Gasteiger partial charge in [0.2, 0.25) is 0 Å². The summed E-state index contributed by atoms with van der Waals surface area (Å²) in [6.45, 7) is 14.8. The Balaban J connectivity index is 1.73. The van der Waals surface area contributed by atoms with Crippen LogP contribution in [0.2, 0.25) is 0 Å². The minimum absolute atomic E-state index is 0.509. The molecule has 2 heterocycles. The Kier molecular flexibility index (Phi) is 4.71. The first kappa shape index (κ1) is 14.3. The molecule has 2 aliphatic rings. The molecule has 106 valence electrons. The van der Waals surface area contributed by atoms with E-state index in [0.717, 1.165) is 17.9 Å². The first-order valence-electron chi connectivity index (χ1n) is 7.91. The van der Waals surface area contributed by atoms with Crippen LogP contribution >= 0.6 is 0 Å². The summed E-state index contributed by atoms with van der Waals surface area (Å²) in [6, 6.07) is 0.732. The van der Waals surface area contributed by atoms with E-state index in [4.69, 9.17) is 0 Å². The van der Waals surface area contributed by atoms with Crippen LogP contribution in [0.3, 0.4) is 0 Å². The first-order chi connectivity index (χ1) is 8.45. The van der Waals surface area contributed by atoms with Gasteiger partial charge in [-0.2, -0.15) is 0 Å². The molecule has 18 heavy (non-hydrogen) atoms. The van der Waals surface area contributed by atoms with E-state index in [0.29, 0.717) is 5.41 Å². The molecule has 2 fully saturated rings. The second-order valence-corrected chi connectivity index (χ2v) is 7.69. The van der Waals surface area contributed by atoms with Crippen molar-refractivity contribution in [3.63, 3.8) is 0 Å². The van der Waals surface area contributed by atoms with Crippen LogP contribution in [0.5, 0.6) is 0 Å². The molecule has 2 atom stereocenters. The molecule has 0 spiro atoms. The molecule has 2 aliphatic heterocycles. The molecule has 1 N–H and O–H groups in total. The maximum absolute atomic E-state index is 3.56. The fourth-order valence-corrected chi connectivity index (χ4v) is 3.75. The Morgan fingerprint density at radius 1 is 1.11 bits per heavy atom. The number of nitrogens with zero attached hydrogens (tertiary/aromatic N) is 1. The zero-order chi connectivity index (χ0) is 13.2. The van der Waals surface area contributed by atoms with Crippen LogP contribution in [-0.4, -0.2) is 37.1 Å². The van der Waals surface area contributed by atoms with Crippen molar-refractivity contribution in [3.8, 4) is 0 Å². The standard InChI is InChI=1S/C16H32N2/c1-13-11-14(5-8-17-13)12-18-9-6-15(7-10-18)16(2,3)4/h13-15,17H,5-12H2,1-4H3. The van der Waals surface area contributed by atoms with Gasteiger partial charge in [0.25, 0.3) is 0 Å². The lowest BCUT2D eigenvalue weighted by atomic mass is 9.75. The lowest BCUT2D eigenvalue weighted by molar-refractivity contribution is 0.0934. The van der Waals surface area contributed by atoms with Gasteiger partial charge in [0, 0.05) is 12.6 Å². The monoisotopic (exact) mass is 252 g/mol. The number of rotatable bonds is 2. The smallest absolute Gasteiger partial charge is 0.00418 e. The molecule has 0 aliphatic carbocycles. The van der Waals surface area contributed by atoms with Crippen LogP contribution < -0.4 is 5.32 Å². The summed E-state index contributed by atoms with van der Waals surface area (Å²) in [5, 5.41) is 3.56. The van der Waals surface area contributed by atoms with Crippen LogP contribution in [0.15, 0.2) is 0 Å². The normalized spacial score (nSPS) is 32.7. The second kappa shape index (κ2) is 5.92. The second-order valence-electron chi connectivity index (χ2n) is 7.69. The van der Waals surface area contributed by atoms with E-state index in [-0.39, 0.29) is 0 Å². The Morgan fingerprint density at radius 3 is 2.33 bits per heavy atom. The fraction of sp³-hybridized carbons (Fsp3) is 1.00. The summed E-state index contributed by atoms with van der Waals surface area (Å²) in [5.74, 6) is 1.87. The highest BCUT2D eigenvalue weighted by Crippen LogP contribution is 2.34. The van der Waals surface area contributed by atoms with E-state index in [1.165, 1.54) is 51.9 Å². The van der Waals surface area contributed by atoms with E-state index >= 15 is 0 Å². The van der Waals surface area contributed by atoms with Gasteiger partial charge in [-0.25, -0.2) is 0 Å². The largest absolute Gasteiger partial charge is 0.314 e. The molecule has 0 bridgehead atoms. The summed E-state index contributed by atoms with van der Waals surface area (Å²) < 4.78 is 0. The van der Waals surface area contributed by atoms with Crippen molar-refractivity contribution in [2.24, 2.45) is 17.3 Å². The van der Waals surface area contributed by atoms with Gasteiger partial charge in [0.1, 0.15) is 0 Å². The van der Waals surface area contributed by atoms with E-state index in [1.807, 2.05) is 0 Å². The van der Waals surface area contributed by atoms with Crippen LogP contribution in [0, 0.1) is 17.3 Å². The van der Waals surface area contributed by atoms with Gasteiger partial charge in [0.15, 0.2) is 0 Å².